The Kier molecular flexibility index (Phi) is 2.92. The van der Waals surface area contributed by atoms with Crippen LogP contribution in [-0.2, 0) is 7.86 Å². The standard InChI is InChI=1S/C5H7IN2O3/c6-11-4(9)3-8-2-1-7-5(8)10/h1-3H2,(H,7,10). The summed E-state index contributed by atoms with van der Waals surface area (Å²) in [5, 5.41) is 2.58. The van der Waals surface area contributed by atoms with Crippen LogP contribution in [0.25, 0.3) is 0 Å². The summed E-state index contributed by atoms with van der Waals surface area (Å²) in [7, 11) is 0. The first-order valence-corrected chi connectivity index (χ1v) is 3.96. The van der Waals surface area contributed by atoms with Gasteiger partial charge in [0.2, 0.25) is 0 Å². The van der Waals surface area contributed by atoms with Crippen LogP contribution in [-0.4, -0.2) is 36.5 Å². The van der Waals surface area contributed by atoms with Crippen molar-refractivity contribution in [2.24, 2.45) is 0 Å². The molecule has 2 amide bonds. The lowest BCUT2D eigenvalue weighted by Gasteiger charge is -2.10. The number of carbonyl (C=O) groups excluding carboxylic acids is 2. The molecule has 1 fully saturated rings. The first-order valence-electron chi connectivity index (χ1n) is 3.08. The number of carbonyl (C=O) groups is 2. The smallest absolute Gasteiger partial charge is 0.335 e. The van der Waals surface area contributed by atoms with Crippen LogP contribution in [0.3, 0.4) is 0 Å². The number of rotatable bonds is 2. The number of nitrogens with one attached hydrogen (secondary N) is 1. The Balaban J connectivity index is 2.36. The van der Waals surface area contributed by atoms with Gasteiger partial charge in [-0.25, -0.2) is 9.59 Å². The maximum Gasteiger partial charge on any atom is 0.335 e. The lowest BCUT2D eigenvalue weighted by atomic mass is 10.5. The molecule has 11 heavy (non-hydrogen) atoms. The fourth-order valence-electron chi connectivity index (χ4n) is 0.842. The molecule has 1 aliphatic rings. The van der Waals surface area contributed by atoms with Crippen LogP contribution in [0.1, 0.15) is 0 Å². The molecule has 0 aromatic carbocycles. The summed E-state index contributed by atoms with van der Waals surface area (Å²) in [6.45, 7) is 1.21. The van der Waals surface area contributed by atoms with Crippen LogP contribution in [0, 0.1) is 0 Å². The number of hydrogen-bond donors (Lipinski definition) is 1. The molecule has 0 saturated carbocycles. The minimum absolute atomic E-state index is 0.0365. The SMILES string of the molecule is O=C(CN1CCNC1=O)OI. The molecule has 62 valence electrons. The summed E-state index contributed by atoms with van der Waals surface area (Å²) in [5.74, 6) is -0.400. The largest absolute Gasteiger partial charge is 0.393 e. The van der Waals surface area contributed by atoms with Crippen molar-refractivity contribution in [2.45, 2.75) is 0 Å². The minimum Gasteiger partial charge on any atom is -0.393 e. The van der Waals surface area contributed by atoms with Gasteiger partial charge in [-0.3, -0.25) is 0 Å². The maximum atomic E-state index is 10.8. The number of urea groups is 1. The normalized spacial score (nSPS) is 16.5. The summed E-state index contributed by atoms with van der Waals surface area (Å²) in [4.78, 5) is 22.9. The van der Waals surface area contributed by atoms with Gasteiger partial charge in [-0.15, -0.1) is 0 Å². The van der Waals surface area contributed by atoms with Gasteiger partial charge >= 0.3 is 12.0 Å². The van der Waals surface area contributed by atoms with E-state index in [2.05, 4.69) is 8.38 Å². The van der Waals surface area contributed by atoms with Crippen molar-refractivity contribution in [3.63, 3.8) is 0 Å². The van der Waals surface area contributed by atoms with Crippen LogP contribution < -0.4 is 5.32 Å². The van der Waals surface area contributed by atoms with Gasteiger partial charge in [-0.2, -0.15) is 0 Å². The second-order valence-corrected chi connectivity index (χ2v) is 2.54. The molecule has 6 heteroatoms. The summed E-state index contributed by atoms with van der Waals surface area (Å²) < 4.78 is 4.37. The van der Waals surface area contributed by atoms with Gasteiger partial charge in [-0.1, -0.05) is 0 Å². The third-order valence-corrected chi connectivity index (χ3v) is 1.84. The first-order chi connectivity index (χ1) is 5.24. The van der Waals surface area contributed by atoms with E-state index in [4.69, 9.17) is 0 Å². The Morgan fingerprint density at radius 2 is 2.55 bits per heavy atom. The molecule has 0 atom stereocenters. The van der Waals surface area contributed by atoms with E-state index in [9.17, 15) is 9.59 Å². The highest BCUT2D eigenvalue weighted by atomic mass is 127. The highest BCUT2D eigenvalue weighted by molar-refractivity contribution is 14.1. The Morgan fingerprint density at radius 3 is 3.00 bits per heavy atom. The van der Waals surface area contributed by atoms with Crippen molar-refractivity contribution in [2.75, 3.05) is 19.6 Å². The van der Waals surface area contributed by atoms with E-state index in [1.165, 1.54) is 27.9 Å². The van der Waals surface area contributed by atoms with E-state index in [0.29, 0.717) is 13.1 Å². The zero-order valence-electron chi connectivity index (χ0n) is 5.67. The molecule has 5 nitrogen and oxygen atoms in total. The van der Waals surface area contributed by atoms with E-state index in [1.807, 2.05) is 0 Å². The molecule has 0 unspecified atom stereocenters. The monoisotopic (exact) mass is 270 g/mol. The third kappa shape index (κ3) is 2.21. The van der Waals surface area contributed by atoms with Crippen LogP contribution in [0.2, 0.25) is 0 Å². The van der Waals surface area contributed by atoms with Crippen LogP contribution in [0.4, 0.5) is 4.79 Å². The van der Waals surface area contributed by atoms with Crippen LogP contribution >= 0.6 is 23.0 Å². The highest BCUT2D eigenvalue weighted by Gasteiger charge is 2.21. The number of halogens is 1. The predicted molar refractivity (Wildman–Crippen MR) is 45.1 cm³/mol. The molecule has 0 aromatic rings. The van der Waals surface area contributed by atoms with Crippen LogP contribution in [0.15, 0.2) is 0 Å². The van der Waals surface area contributed by atoms with Gasteiger partial charge < -0.3 is 13.3 Å². The van der Waals surface area contributed by atoms with Gasteiger partial charge in [0.1, 0.15) is 6.54 Å². The van der Waals surface area contributed by atoms with Crippen molar-refractivity contribution in [3.05, 3.63) is 0 Å². The molecule has 0 aliphatic carbocycles. The lowest BCUT2D eigenvalue weighted by molar-refractivity contribution is -0.131. The minimum atomic E-state index is -0.400. The average molecular weight is 270 g/mol. The Labute approximate surface area is 77.8 Å². The first kappa shape index (κ1) is 8.57. The molecule has 1 aliphatic heterocycles. The Bertz CT molecular complexity index is 185. The number of nitrogens with zero attached hydrogens (tertiary/aromatic N) is 1. The van der Waals surface area contributed by atoms with Crippen molar-refractivity contribution < 1.29 is 12.7 Å². The zero-order valence-corrected chi connectivity index (χ0v) is 7.83. The molecule has 1 heterocycles. The molecule has 0 radical (unpaired) electrons. The fraction of sp³-hybridized carbons (Fsp3) is 0.600. The predicted octanol–water partition coefficient (Wildman–Crippen LogP) is -0.0952. The van der Waals surface area contributed by atoms with Gasteiger partial charge in [0.05, 0.1) is 0 Å². The van der Waals surface area contributed by atoms with Crippen molar-refractivity contribution in [3.8, 4) is 0 Å². The Hall–Kier alpha value is -0.530. The van der Waals surface area contributed by atoms with Crippen molar-refractivity contribution in [1.82, 2.24) is 10.2 Å². The van der Waals surface area contributed by atoms with Crippen molar-refractivity contribution in [1.29, 1.82) is 0 Å². The molecule has 0 aromatic heterocycles. The number of amides is 2. The average Bonchev–Trinajstić information content (AvgIpc) is 2.37. The van der Waals surface area contributed by atoms with Gasteiger partial charge in [-0.05, 0) is 0 Å². The molecule has 1 rings (SSSR count). The molecule has 1 N–H and O–H groups in total. The highest BCUT2D eigenvalue weighted by Crippen LogP contribution is 1.98. The third-order valence-electron chi connectivity index (χ3n) is 1.35. The molecular formula is C5H7IN2O3. The molecule has 1 saturated heterocycles. The summed E-state index contributed by atoms with van der Waals surface area (Å²) in [6, 6.07) is -0.202. The second-order valence-electron chi connectivity index (χ2n) is 2.10. The topological polar surface area (TPSA) is 58.6 Å². The van der Waals surface area contributed by atoms with Crippen LogP contribution in [0.5, 0.6) is 0 Å². The van der Waals surface area contributed by atoms with Gasteiger partial charge in [0, 0.05) is 13.1 Å². The Morgan fingerprint density at radius 1 is 1.82 bits per heavy atom. The zero-order chi connectivity index (χ0) is 8.27. The molecular weight excluding hydrogens is 263 g/mol. The van der Waals surface area contributed by atoms with E-state index < -0.39 is 5.97 Å². The van der Waals surface area contributed by atoms with E-state index in [-0.39, 0.29) is 12.6 Å². The summed E-state index contributed by atoms with van der Waals surface area (Å²) in [5.41, 5.74) is 0. The second kappa shape index (κ2) is 3.74. The quantitative estimate of drug-likeness (QED) is 0.713. The molecule has 0 bridgehead atoms. The van der Waals surface area contributed by atoms with Gasteiger partial charge in [0.25, 0.3) is 0 Å². The van der Waals surface area contributed by atoms with Gasteiger partial charge in [0.15, 0.2) is 23.0 Å². The fourth-order valence-corrected chi connectivity index (χ4v) is 0.982. The van der Waals surface area contributed by atoms with Crippen molar-refractivity contribution >= 4 is 35.0 Å². The number of hydrogen-bond acceptors (Lipinski definition) is 3. The summed E-state index contributed by atoms with van der Waals surface area (Å²) in [6.07, 6.45) is 0. The lowest BCUT2D eigenvalue weighted by Crippen LogP contribution is -2.33. The molecule has 0 spiro atoms. The van der Waals surface area contributed by atoms with E-state index >= 15 is 0 Å². The van der Waals surface area contributed by atoms with E-state index in [1.54, 1.807) is 0 Å². The van der Waals surface area contributed by atoms with E-state index in [0.717, 1.165) is 0 Å². The summed E-state index contributed by atoms with van der Waals surface area (Å²) >= 11 is 1.50. The maximum absolute atomic E-state index is 10.8.